The molecule has 4 heterocycles. The first-order valence-electron chi connectivity index (χ1n) is 13.5. The van der Waals surface area contributed by atoms with Crippen molar-refractivity contribution in [2.24, 2.45) is 0 Å². The summed E-state index contributed by atoms with van der Waals surface area (Å²) in [4.78, 5) is 36.5. The second-order valence-corrected chi connectivity index (χ2v) is 80.4. The number of rotatable bonds is 8. The van der Waals surface area contributed by atoms with Gasteiger partial charge < -0.3 is 0 Å². The molecule has 0 atom stereocenters. The SMILES string of the molecule is [CH3][Sn]([CH3])([CH3])[c]1ccc(C(=C(c2cc[c]([Sn]([CH3])([CH3])[CH3])s2)c2cc[c]([Sn]([CH3])([CH3])[CH3])s2)c2cc[c]([Sn]([CH3])([CH3])[CH3])s2)s1. The second-order valence-electron chi connectivity index (χ2n) is 14.4. The Morgan fingerprint density at radius 3 is 0.658 bits per heavy atom. The van der Waals surface area contributed by atoms with Gasteiger partial charge >= 0.3 is 269 Å². The molecule has 0 bridgehead atoms. The Morgan fingerprint density at radius 1 is 0.342 bits per heavy atom. The Hall–Kier alpha value is 1.73. The summed E-state index contributed by atoms with van der Waals surface area (Å²) in [5.41, 5.74) is 3.00. The van der Waals surface area contributed by atoms with Gasteiger partial charge in [0.25, 0.3) is 0 Å². The van der Waals surface area contributed by atoms with E-state index in [1.807, 2.05) is 0 Å². The van der Waals surface area contributed by atoms with Gasteiger partial charge in [-0.2, -0.15) is 0 Å². The molecule has 8 heteroatoms. The van der Waals surface area contributed by atoms with Crippen molar-refractivity contribution in [2.45, 2.75) is 59.3 Å². The van der Waals surface area contributed by atoms with Crippen LogP contribution >= 0.6 is 45.3 Å². The van der Waals surface area contributed by atoms with Gasteiger partial charge in [0.2, 0.25) is 0 Å². The van der Waals surface area contributed by atoms with Crippen molar-refractivity contribution >= 4 is 142 Å². The van der Waals surface area contributed by atoms with Gasteiger partial charge in [-0.1, -0.05) is 0 Å². The third-order valence-electron chi connectivity index (χ3n) is 6.62. The van der Waals surface area contributed by atoms with Crippen LogP contribution in [0.3, 0.4) is 0 Å². The molecule has 4 aromatic heterocycles. The number of hydrogen-bond acceptors (Lipinski definition) is 4. The van der Waals surface area contributed by atoms with Crippen LogP contribution in [0.15, 0.2) is 48.5 Å². The van der Waals surface area contributed by atoms with Crippen LogP contribution < -0.4 is 11.6 Å². The van der Waals surface area contributed by atoms with Crippen molar-refractivity contribution in [2.75, 3.05) is 0 Å². The molecular weight excluding hydrogens is 963 g/mol. The van der Waals surface area contributed by atoms with E-state index in [1.165, 1.54) is 30.7 Å². The molecule has 204 valence electrons. The maximum absolute atomic E-state index is 2.55. The number of hydrogen-bond donors (Lipinski definition) is 0. The van der Waals surface area contributed by atoms with E-state index < -0.39 is 73.5 Å². The van der Waals surface area contributed by atoms with E-state index in [0.29, 0.717) is 0 Å². The van der Waals surface area contributed by atoms with Crippen LogP contribution in [-0.2, 0) is 0 Å². The summed E-state index contributed by atoms with van der Waals surface area (Å²) < 4.78 is 6.70. The van der Waals surface area contributed by atoms with Crippen LogP contribution in [-0.4, -0.2) is 73.5 Å². The predicted molar refractivity (Wildman–Crippen MR) is 194 cm³/mol. The van der Waals surface area contributed by atoms with Crippen LogP contribution in [0.1, 0.15) is 19.5 Å². The molecule has 0 N–H and O–H groups in total. The van der Waals surface area contributed by atoms with Gasteiger partial charge in [-0.25, -0.2) is 0 Å². The molecule has 0 saturated carbocycles. The first kappa shape index (κ1) is 32.6. The summed E-state index contributed by atoms with van der Waals surface area (Å²) in [6.07, 6.45) is 0. The van der Waals surface area contributed by atoms with Crippen molar-refractivity contribution < 1.29 is 0 Å². The fourth-order valence-corrected chi connectivity index (χ4v) is 29.8. The summed E-state index contributed by atoms with van der Waals surface area (Å²) in [5.74, 6) is 0. The molecule has 0 aromatic carbocycles. The van der Waals surface area contributed by atoms with E-state index in [4.69, 9.17) is 0 Å². The topological polar surface area (TPSA) is 0 Å². The normalized spacial score (nSPS) is 13.3. The Bertz CT molecular complexity index is 1230. The van der Waals surface area contributed by atoms with E-state index >= 15 is 0 Å². The third kappa shape index (κ3) is 7.62. The zero-order chi connectivity index (χ0) is 28.3. The van der Waals surface area contributed by atoms with E-state index in [2.05, 4.69) is 153 Å². The molecule has 4 rings (SSSR count). The monoisotopic (exact) mass is 1010 g/mol. The van der Waals surface area contributed by atoms with Gasteiger partial charge in [-0.15, -0.1) is 0 Å². The molecule has 0 aliphatic rings. The zero-order valence-corrected chi connectivity index (χ0v) is 39.9. The van der Waals surface area contributed by atoms with Crippen molar-refractivity contribution in [3.63, 3.8) is 0 Å². The van der Waals surface area contributed by atoms with Crippen LogP contribution in [0.5, 0.6) is 0 Å². The molecule has 0 fully saturated rings. The quantitative estimate of drug-likeness (QED) is 0.155. The predicted octanol–water partition coefficient (Wildman–Crippen LogP) is 9.12. The minimum atomic E-state index is -2.18. The summed E-state index contributed by atoms with van der Waals surface area (Å²) >= 11 is -0.324. The average molecular weight is 1010 g/mol. The van der Waals surface area contributed by atoms with Crippen LogP contribution in [0.2, 0.25) is 59.3 Å². The molecule has 0 aliphatic carbocycles. The molecule has 0 spiro atoms. The van der Waals surface area contributed by atoms with Crippen molar-refractivity contribution in [3.8, 4) is 0 Å². The molecule has 38 heavy (non-hydrogen) atoms. The summed E-state index contributed by atoms with van der Waals surface area (Å²) in [6.45, 7) is 0. The molecular formula is C30H44S4Sn4. The van der Waals surface area contributed by atoms with Gasteiger partial charge in [-0.05, 0) is 0 Å². The second kappa shape index (κ2) is 12.0. The first-order chi connectivity index (χ1) is 17.4. The Labute approximate surface area is 264 Å². The van der Waals surface area contributed by atoms with Gasteiger partial charge in [0.05, 0.1) is 0 Å². The molecule has 0 nitrogen and oxygen atoms in total. The van der Waals surface area contributed by atoms with Gasteiger partial charge in [0.15, 0.2) is 0 Å². The summed E-state index contributed by atoms with van der Waals surface area (Å²) in [7, 11) is 0. The minimum absolute atomic E-state index is 1.47. The molecule has 0 radical (unpaired) electrons. The molecule has 0 saturated heterocycles. The summed E-state index contributed by atoms with van der Waals surface area (Å²) in [5, 5.41) is 0. The van der Waals surface area contributed by atoms with E-state index in [0.717, 1.165) is 0 Å². The standard InChI is InChI=1S/C18H8S4.12CH3.4Sn/c1-5-13(19-9-1)17(14-6-2-10-20-14)18(15-7-3-11-21-15)16-8-4-12-22-16;;;;;;;;;;;;;;;;/h1-8H;12*1H3;;;;. The van der Waals surface area contributed by atoms with E-state index in [1.54, 1.807) is 11.6 Å². The van der Waals surface area contributed by atoms with Crippen LogP contribution in [0, 0.1) is 0 Å². The van der Waals surface area contributed by atoms with E-state index in [-0.39, 0.29) is 0 Å². The van der Waals surface area contributed by atoms with Crippen molar-refractivity contribution in [1.82, 2.24) is 0 Å². The maximum atomic E-state index is 2.55. The fourth-order valence-electron chi connectivity index (χ4n) is 4.24. The zero-order valence-electron chi connectivity index (χ0n) is 25.3. The number of thiophene rings is 4. The van der Waals surface area contributed by atoms with Gasteiger partial charge in [-0.3, -0.25) is 0 Å². The van der Waals surface area contributed by atoms with Crippen molar-refractivity contribution in [1.29, 1.82) is 0 Å². The molecule has 0 amide bonds. The summed E-state index contributed by atoms with van der Waals surface area (Å²) in [6, 6.07) is 19.8. The fraction of sp³-hybridized carbons (Fsp3) is 0.400. The van der Waals surface area contributed by atoms with Crippen LogP contribution in [0.25, 0.3) is 11.1 Å². The Morgan fingerprint density at radius 2 is 0.526 bits per heavy atom. The van der Waals surface area contributed by atoms with Gasteiger partial charge in [0, 0.05) is 0 Å². The Kier molecular flexibility index (Phi) is 10.3. The average Bonchev–Trinajstić information content (AvgIpc) is 3.56. The Balaban J connectivity index is 2.08. The first-order valence-corrected chi connectivity index (χ1v) is 56.7. The third-order valence-corrected chi connectivity index (χ3v) is 49.0. The van der Waals surface area contributed by atoms with Gasteiger partial charge in [0.1, 0.15) is 0 Å². The molecule has 0 unspecified atom stereocenters. The molecule has 0 aliphatic heterocycles. The molecule has 4 aromatic rings. The van der Waals surface area contributed by atoms with Crippen LogP contribution in [0.4, 0.5) is 0 Å². The van der Waals surface area contributed by atoms with E-state index in [9.17, 15) is 0 Å². The van der Waals surface area contributed by atoms with Crippen molar-refractivity contribution in [3.05, 3.63) is 68.0 Å².